The third-order valence-electron chi connectivity index (χ3n) is 5.10. The van der Waals surface area contributed by atoms with Crippen molar-refractivity contribution < 1.29 is 13.9 Å². The fraction of sp³-hybridized carbons (Fsp3) is 0.286. The van der Waals surface area contributed by atoms with Crippen molar-refractivity contribution in [1.29, 1.82) is 0 Å². The molecule has 2 heterocycles. The van der Waals surface area contributed by atoms with Gasteiger partial charge in [0.2, 0.25) is 0 Å². The number of benzene rings is 2. The molecular weight excluding hydrogens is 397 g/mol. The fourth-order valence-electron chi connectivity index (χ4n) is 3.90. The van der Waals surface area contributed by atoms with Crippen molar-refractivity contribution in [3.63, 3.8) is 0 Å². The highest BCUT2D eigenvalue weighted by molar-refractivity contribution is 9.10. The second-order valence-corrected chi connectivity index (χ2v) is 7.59. The standard InChI is InChI=1S/C21H19BrFNO2/c22-18-7-4-8-19(23)20(18)15-11-16-9-10-17(12-15)24(16)21(25)26-13-14-5-2-1-3-6-14/h1-8,11,16-17H,9-10,12-13H2. The molecule has 134 valence electrons. The minimum absolute atomic E-state index is 0.0291. The van der Waals surface area contributed by atoms with Crippen LogP contribution < -0.4 is 0 Å². The van der Waals surface area contributed by atoms with Gasteiger partial charge >= 0.3 is 6.09 Å². The smallest absolute Gasteiger partial charge is 0.410 e. The Morgan fingerprint density at radius 2 is 1.96 bits per heavy atom. The van der Waals surface area contributed by atoms with Crippen LogP contribution in [0.15, 0.2) is 59.1 Å². The third-order valence-corrected chi connectivity index (χ3v) is 5.76. The van der Waals surface area contributed by atoms with E-state index in [1.165, 1.54) is 6.07 Å². The van der Waals surface area contributed by atoms with Gasteiger partial charge in [0.25, 0.3) is 0 Å². The van der Waals surface area contributed by atoms with Crippen molar-refractivity contribution in [3.05, 3.63) is 76.0 Å². The monoisotopic (exact) mass is 415 g/mol. The van der Waals surface area contributed by atoms with Gasteiger partial charge in [-0.15, -0.1) is 0 Å². The number of carbonyl (C=O) groups is 1. The lowest BCUT2D eigenvalue weighted by atomic mass is 9.94. The first kappa shape index (κ1) is 17.3. The van der Waals surface area contributed by atoms with Gasteiger partial charge in [0.1, 0.15) is 12.4 Å². The zero-order chi connectivity index (χ0) is 18.1. The molecule has 0 spiro atoms. The average Bonchev–Trinajstić information content (AvgIpc) is 2.91. The van der Waals surface area contributed by atoms with Gasteiger partial charge in [0.05, 0.1) is 6.04 Å². The van der Waals surface area contributed by atoms with E-state index in [9.17, 15) is 9.18 Å². The Hall–Kier alpha value is -2.14. The minimum atomic E-state index is -0.288. The lowest BCUT2D eigenvalue weighted by Gasteiger charge is -2.33. The molecule has 0 N–H and O–H groups in total. The molecule has 4 rings (SSSR count). The number of amides is 1. The Morgan fingerprint density at radius 1 is 1.15 bits per heavy atom. The summed E-state index contributed by atoms with van der Waals surface area (Å²) in [6.45, 7) is 0.269. The molecule has 0 aliphatic carbocycles. The molecular formula is C21H19BrFNO2. The maximum Gasteiger partial charge on any atom is 0.410 e. The molecule has 5 heteroatoms. The molecule has 2 aliphatic heterocycles. The molecule has 1 saturated heterocycles. The van der Waals surface area contributed by atoms with Crippen molar-refractivity contribution >= 4 is 27.6 Å². The van der Waals surface area contributed by atoms with Gasteiger partial charge in [0.15, 0.2) is 0 Å². The first-order valence-electron chi connectivity index (χ1n) is 8.77. The van der Waals surface area contributed by atoms with Crippen LogP contribution in [0.3, 0.4) is 0 Å². The van der Waals surface area contributed by atoms with E-state index in [1.807, 2.05) is 47.4 Å². The third kappa shape index (κ3) is 3.28. The van der Waals surface area contributed by atoms with E-state index >= 15 is 0 Å². The van der Waals surface area contributed by atoms with E-state index in [4.69, 9.17) is 4.74 Å². The predicted molar refractivity (Wildman–Crippen MR) is 102 cm³/mol. The normalized spacial score (nSPS) is 21.5. The molecule has 26 heavy (non-hydrogen) atoms. The Morgan fingerprint density at radius 3 is 2.69 bits per heavy atom. The van der Waals surface area contributed by atoms with Crippen LogP contribution in [-0.4, -0.2) is 23.1 Å². The summed E-state index contributed by atoms with van der Waals surface area (Å²) in [4.78, 5) is 14.4. The van der Waals surface area contributed by atoms with E-state index in [0.717, 1.165) is 28.5 Å². The number of carbonyl (C=O) groups excluding carboxylic acids is 1. The highest BCUT2D eigenvalue weighted by Crippen LogP contribution is 2.41. The number of fused-ring (bicyclic) bond motifs is 2. The Labute approximate surface area is 160 Å². The van der Waals surface area contributed by atoms with Crippen molar-refractivity contribution in [2.45, 2.75) is 38.0 Å². The van der Waals surface area contributed by atoms with Gasteiger partial charge in [-0.1, -0.05) is 58.4 Å². The first-order chi connectivity index (χ1) is 12.6. The van der Waals surface area contributed by atoms with E-state index in [0.29, 0.717) is 12.0 Å². The van der Waals surface area contributed by atoms with Gasteiger partial charge in [-0.05, 0) is 42.5 Å². The molecule has 2 aromatic carbocycles. The van der Waals surface area contributed by atoms with Crippen molar-refractivity contribution in [2.24, 2.45) is 0 Å². The summed E-state index contributed by atoms with van der Waals surface area (Å²) in [5.74, 6) is -0.231. The van der Waals surface area contributed by atoms with Crippen LogP contribution in [-0.2, 0) is 11.3 Å². The zero-order valence-corrected chi connectivity index (χ0v) is 15.8. The summed E-state index contributed by atoms with van der Waals surface area (Å²) in [6.07, 6.45) is 4.19. The second kappa shape index (κ2) is 7.23. The largest absolute Gasteiger partial charge is 0.445 e. The molecule has 1 fully saturated rings. The van der Waals surface area contributed by atoms with E-state index in [-0.39, 0.29) is 30.6 Å². The highest BCUT2D eigenvalue weighted by atomic mass is 79.9. The molecule has 0 radical (unpaired) electrons. The topological polar surface area (TPSA) is 29.5 Å². The number of halogens is 2. The van der Waals surface area contributed by atoms with Crippen LogP contribution in [0.5, 0.6) is 0 Å². The molecule has 3 nitrogen and oxygen atoms in total. The summed E-state index contributed by atoms with van der Waals surface area (Å²) in [6, 6.07) is 14.7. The zero-order valence-electron chi connectivity index (χ0n) is 14.2. The number of nitrogens with zero attached hydrogens (tertiary/aromatic N) is 1. The number of hydrogen-bond donors (Lipinski definition) is 0. The molecule has 2 atom stereocenters. The first-order valence-corrected chi connectivity index (χ1v) is 9.57. The summed E-state index contributed by atoms with van der Waals surface area (Å²) in [5, 5.41) is 0. The Balaban J connectivity index is 1.51. The van der Waals surface area contributed by atoms with Gasteiger partial charge < -0.3 is 4.74 Å². The average molecular weight is 416 g/mol. The van der Waals surface area contributed by atoms with Crippen LogP contribution in [0, 0.1) is 5.82 Å². The molecule has 2 unspecified atom stereocenters. The Bertz CT molecular complexity index is 832. The van der Waals surface area contributed by atoms with Crippen LogP contribution >= 0.6 is 15.9 Å². The second-order valence-electron chi connectivity index (χ2n) is 6.74. The molecule has 2 aromatic rings. The van der Waals surface area contributed by atoms with Crippen molar-refractivity contribution in [1.82, 2.24) is 4.90 Å². The van der Waals surface area contributed by atoms with Crippen LogP contribution in [0.25, 0.3) is 5.57 Å². The summed E-state index contributed by atoms with van der Waals surface area (Å²) >= 11 is 3.45. The molecule has 2 bridgehead atoms. The summed E-state index contributed by atoms with van der Waals surface area (Å²) < 4.78 is 20.6. The lowest BCUT2D eigenvalue weighted by molar-refractivity contribution is 0.0832. The molecule has 0 aromatic heterocycles. The van der Waals surface area contributed by atoms with Gasteiger partial charge in [-0.2, -0.15) is 0 Å². The van der Waals surface area contributed by atoms with E-state index in [2.05, 4.69) is 15.9 Å². The van der Waals surface area contributed by atoms with Crippen molar-refractivity contribution in [3.8, 4) is 0 Å². The minimum Gasteiger partial charge on any atom is -0.445 e. The van der Waals surface area contributed by atoms with E-state index in [1.54, 1.807) is 6.07 Å². The lowest BCUT2D eigenvalue weighted by Crippen LogP contribution is -2.43. The Kier molecular flexibility index (Phi) is 4.81. The number of ether oxygens (including phenoxy) is 1. The fourth-order valence-corrected chi connectivity index (χ4v) is 4.50. The SMILES string of the molecule is O=C(OCc1ccccc1)N1C2C=C(c3c(F)cccc3Br)CC1CC2. The highest BCUT2D eigenvalue weighted by Gasteiger charge is 2.41. The van der Waals surface area contributed by atoms with Crippen LogP contribution in [0.1, 0.15) is 30.4 Å². The van der Waals surface area contributed by atoms with Crippen molar-refractivity contribution in [2.75, 3.05) is 0 Å². The molecule has 0 saturated carbocycles. The quantitative estimate of drug-likeness (QED) is 0.657. The van der Waals surface area contributed by atoms with Gasteiger partial charge in [-0.3, -0.25) is 4.90 Å². The number of rotatable bonds is 3. The van der Waals surface area contributed by atoms with Gasteiger partial charge in [0, 0.05) is 16.1 Å². The summed E-state index contributed by atoms with van der Waals surface area (Å²) in [5.41, 5.74) is 2.55. The number of hydrogen-bond acceptors (Lipinski definition) is 2. The van der Waals surface area contributed by atoms with Crippen LogP contribution in [0.4, 0.5) is 9.18 Å². The van der Waals surface area contributed by atoms with E-state index < -0.39 is 0 Å². The predicted octanol–water partition coefficient (Wildman–Crippen LogP) is 5.55. The maximum absolute atomic E-state index is 14.3. The molecule has 1 amide bonds. The molecule has 2 aliphatic rings. The van der Waals surface area contributed by atoms with Gasteiger partial charge in [-0.25, -0.2) is 9.18 Å². The maximum atomic E-state index is 14.3. The summed E-state index contributed by atoms with van der Waals surface area (Å²) in [7, 11) is 0. The van der Waals surface area contributed by atoms with Crippen LogP contribution in [0.2, 0.25) is 0 Å².